The first-order chi connectivity index (χ1) is 10.0. The summed E-state index contributed by atoms with van der Waals surface area (Å²) in [5, 5.41) is 10.9. The van der Waals surface area contributed by atoms with Crippen LogP contribution < -0.4 is 0 Å². The molecular weight excluding hydrogens is 304 g/mol. The van der Waals surface area contributed by atoms with Crippen molar-refractivity contribution in [2.45, 2.75) is 44.6 Å². The van der Waals surface area contributed by atoms with E-state index < -0.39 is 5.97 Å². The molecule has 3 rings (SSSR count). The Bertz CT molecular complexity index is 697. The van der Waals surface area contributed by atoms with Gasteiger partial charge in [-0.05, 0) is 37.7 Å². The van der Waals surface area contributed by atoms with Crippen molar-refractivity contribution in [1.29, 1.82) is 0 Å². The van der Waals surface area contributed by atoms with E-state index in [1.807, 2.05) is 6.92 Å². The van der Waals surface area contributed by atoms with Gasteiger partial charge in [0.2, 0.25) is 0 Å². The summed E-state index contributed by atoms with van der Waals surface area (Å²) in [5.74, 6) is 1.31. The van der Waals surface area contributed by atoms with Crippen molar-refractivity contribution < 1.29 is 9.90 Å². The number of carboxylic acids is 1. The monoisotopic (exact) mass is 322 g/mol. The lowest BCUT2D eigenvalue weighted by Gasteiger charge is -2.18. The molecule has 0 bridgehead atoms. The molecule has 0 saturated heterocycles. The van der Waals surface area contributed by atoms with Gasteiger partial charge in [0.25, 0.3) is 0 Å². The third-order valence-corrected chi connectivity index (χ3v) is 5.91. The second-order valence-electron chi connectivity index (χ2n) is 5.60. The van der Waals surface area contributed by atoms with Crippen molar-refractivity contribution in [2.75, 3.05) is 5.75 Å². The van der Waals surface area contributed by atoms with Gasteiger partial charge in [0.15, 0.2) is 0 Å². The molecule has 1 atom stereocenters. The van der Waals surface area contributed by atoms with Gasteiger partial charge in [-0.15, -0.1) is 23.1 Å². The van der Waals surface area contributed by atoms with Gasteiger partial charge in [-0.1, -0.05) is 6.92 Å². The predicted octanol–water partition coefficient (Wildman–Crippen LogP) is 3.69. The van der Waals surface area contributed by atoms with Crippen LogP contribution in [0.3, 0.4) is 0 Å². The number of hydrogen-bond acceptors (Lipinski definition) is 5. The van der Waals surface area contributed by atoms with Gasteiger partial charge in [0.1, 0.15) is 15.7 Å². The molecule has 112 valence electrons. The van der Waals surface area contributed by atoms with E-state index in [-0.39, 0.29) is 6.42 Å². The zero-order valence-electron chi connectivity index (χ0n) is 12.2. The summed E-state index contributed by atoms with van der Waals surface area (Å²) in [7, 11) is 0. The average Bonchev–Trinajstić information content (AvgIpc) is 2.74. The van der Waals surface area contributed by atoms with Crippen LogP contribution in [-0.4, -0.2) is 26.8 Å². The highest BCUT2D eigenvalue weighted by Gasteiger charge is 2.23. The molecule has 0 fully saturated rings. The fourth-order valence-electron chi connectivity index (χ4n) is 2.75. The summed E-state index contributed by atoms with van der Waals surface area (Å²) in [6.45, 7) is 4.20. The molecule has 0 saturated carbocycles. The van der Waals surface area contributed by atoms with Gasteiger partial charge in [0.05, 0.1) is 6.42 Å². The highest BCUT2D eigenvalue weighted by Crippen LogP contribution is 2.40. The Morgan fingerprint density at radius 3 is 3.05 bits per heavy atom. The van der Waals surface area contributed by atoms with Gasteiger partial charge < -0.3 is 5.11 Å². The molecule has 0 spiro atoms. The van der Waals surface area contributed by atoms with Crippen molar-refractivity contribution >= 4 is 39.3 Å². The van der Waals surface area contributed by atoms with E-state index in [0.29, 0.717) is 5.75 Å². The summed E-state index contributed by atoms with van der Waals surface area (Å²) < 4.78 is 0. The zero-order valence-corrected chi connectivity index (χ0v) is 13.8. The van der Waals surface area contributed by atoms with Crippen molar-refractivity contribution in [1.82, 2.24) is 9.97 Å². The lowest BCUT2D eigenvalue weighted by atomic mass is 9.89. The van der Waals surface area contributed by atoms with Crippen molar-refractivity contribution in [3.8, 4) is 0 Å². The van der Waals surface area contributed by atoms with E-state index in [9.17, 15) is 4.79 Å². The minimum atomic E-state index is -0.759. The Morgan fingerprint density at radius 2 is 2.29 bits per heavy atom. The first-order valence-electron chi connectivity index (χ1n) is 7.18. The molecule has 0 amide bonds. The molecule has 0 radical (unpaired) electrons. The highest BCUT2D eigenvalue weighted by atomic mass is 32.2. The zero-order chi connectivity index (χ0) is 15.0. The fraction of sp³-hybridized carbons (Fsp3) is 0.533. The number of rotatable bonds is 4. The van der Waals surface area contributed by atoms with E-state index in [4.69, 9.17) is 5.11 Å². The van der Waals surface area contributed by atoms with Crippen molar-refractivity contribution in [3.05, 3.63) is 16.3 Å². The van der Waals surface area contributed by atoms with Gasteiger partial charge >= 0.3 is 5.97 Å². The second kappa shape index (κ2) is 5.93. The first kappa shape index (κ1) is 14.8. The number of thiophene rings is 1. The average molecular weight is 322 g/mol. The van der Waals surface area contributed by atoms with Crippen LogP contribution in [0.2, 0.25) is 0 Å². The lowest BCUT2D eigenvalue weighted by Crippen LogP contribution is -2.08. The maximum absolute atomic E-state index is 10.7. The predicted molar refractivity (Wildman–Crippen MR) is 86.3 cm³/mol. The molecule has 0 aromatic carbocycles. The number of aromatic nitrogens is 2. The minimum Gasteiger partial charge on any atom is -0.481 e. The van der Waals surface area contributed by atoms with Crippen LogP contribution in [0.25, 0.3) is 10.2 Å². The minimum absolute atomic E-state index is 0.165. The molecule has 2 aromatic heterocycles. The van der Waals surface area contributed by atoms with E-state index >= 15 is 0 Å². The summed E-state index contributed by atoms with van der Waals surface area (Å²) in [5.41, 5.74) is 1.41. The van der Waals surface area contributed by atoms with Crippen molar-refractivity contribution in [2.24, 2.45) is 5.92 Å². The van der Waals surface area contributed by atoms with Crippen LogP contribution in [0, 0.1) is 12.8 Å². The quantitative estimate of drug-likeness (QED) is 0.687. The molecule has 1 aliphatic carbocycles. The molecule has 1 aliphatic rings. The number of carbonyl (C=O) groups is 1. The second-order valence-corrected chi connectivity index (χ2v) is 7.77. The van der Waals surface area contributed by atoms with E-state index in [1.165, 1.54) is 22.2 Å². The normalized spacial score (nSPS) is 17.9. The molecule has 1 N–H and O–H groups in total. The molecule has 6 heteroatoms. The molecule has 2 aromatic rings. The van der Waals surface area contributed by atoms with E-state index in [0.717, 1.165) is 34.4 Å². The maximum Gasteiger partial charge on any atom is 0.304 e. The summed E-state index contributed by atoms with van der Waals surface area (Å²) in [6.07, 6.45) is 3.61. The van der Waals surface area contributed by atoms with Gasteiger partial charge in [0, 0.05) is 16.0 Å². The SMILES string of the molecule is Cc1nc(SCCC(=O)O)c2c3c(sc2n1)CC(C)CC3. The van der Waals surface area contributed by atoms with Gasteiger partial charge in [-0.2, -0.15) is 0 Å². The summed E-state index contributed by atoms with van der Waals surface area (Å²) in [6, 6.07) is 0. The topological polar surface area (TPSA) is 63.1 Å². The number of nitrogens with zero attached hydrogens (tertiary/aromatic N) is 2. The van der Waals surface area contributed by atoms with Gasteiger partial charge in [-0.25, -0.2) is 9.97 Å². The molecule has 1 unspecified atom stereocenters. The molecule has 0 aliphatic heterocycles. The number of carboxylic acid groups (broad SMARTS) is 1. The standard InChI is InChI=1S/C15H18N2O2S2/c1-8-3-4-10-11(7-8)21-15-13(10)14(16-9(2)17-15)20-6-5-12(18)19/h8H,3-7H2,1-2H3,(H,18,19). The Balaban J connectivity index is 2.00. The van der Waals surface area contributed by atoms with Gasteiger partial charge in [-0.3, -0.25) is 4.79 Å². The van der Waals surface area contributed by atoms with E-state index in [1.54, 1.807) is 23.1 Å². The van der Waals surface area contributed by atoms with Crippen molar-refractivity contribution in [3.63, 3.8) is 0 Å². The molecule has 4 nitrogen and oxygen atoms in total. The Morgan fingerprint density at radius 1 is 1.48 bits per heavy atom. The number of hydrogen-bond donors (Lipinski definition) is 1. The van der Waals surface area contributed by atoms with Crippen LogP contribution in [0.15, 0.2) is 5.03 Å². The Hall–Kier alpha value is -1.14. The van der Waals surface area contributed by atoms with E-state index in [2.05, 4.69) is 16.9 Å². The maximum atomic E-state index is 10.7. The fourth-order valence-corrected chi connectivity index (χ4v) is 5.27. The van der Waals surface area contributed by atoms with Crippen LogP contribution >= 0.6 is 23.1 Å². The highest BCUT2D eigenvalue weighted by molar-refractivity contribution is 7.99. The number of aryl methyl sites for hydroxylation is 2. The Labute approximate surface area is 132 Å². The third-order valence-electron chi connectivity index (χ3n) is 3.79. The van der Waals surface area contributed by atoms with Crippen LogP contribution in [-0.2, 0) is 17.6 Å². The lowest BCUT2D eigenvalue weighted by molar-refractivity contribution is -0.136. The van der Waals surface area contributed by atoms with Crippen LogP contribution in [0.4, 0.5) is 0 Å². The largest absolute Gasteiger partial charge is 0.481 e. The number of aliphatic carboxylic acids is 1. The van der Waals surface area contributed by atoms with Crippen LogP contribution in [0.1, 0.15) is 36.0 Å². The first-order valence-corrected chi connectivity index (χ1v) is 8.98. The number of fused-ring (bicyclic) bond motifs is 3. The Kier molecular flexibility index (Phi) is 4.17. The van der Waals surface area contributed by atoms with Crippen LogP contribution in [0.5, 0.6) is 0 Å². The summed E-state index contributed by atoms with van der Waals surface area (Å²) >= 11 is 3.34. The molecule has 2 heterocycles. The smallest absolute Gasteiger partial charge is 0.304 e. The third kappa shape index (κ3) is 3.06. The molecule has 21 heavy (non-hydrogen) atoms. The summed E-state index contributed by atoms with van der Waals surface area (Å²) in [4.78, 5) is 22.4. The number of thioether (sulfide) groups is 1. The molecular formula is C15H18N2O2S2.